The number of hydrogen-bond acceptors (Lipinski definition) is 2. The van der Waals surface area contributed by atoms with Crippen LogP contribution in [0, 0.1) is 5.41 Å². The molecular formula is C15H20O2. The van der Waals surface area contributed by atoms with Gasteiger partial charge in [-0.2, -0.15) is 0 Å². The molecule has 0 saturated carbocycles. The fraction of sp³-hybridized carbons (Fsp3) is 0.533. The predicted octanol–water partition coefficient (Wildman–Crippen LogP) is 3.56. The van der Waals surface area contributed by atoms with Crippen molar-refractivity contribution in [2.45, 2.75) is 39.5 Å². The fourth-order valence-electron chi connectivity index (χ4n) is 2.16. The Bertz CT molecular complexity index is 415. The zero-order valence-corrected chi connectivity index (χ0v) is 10.8. The molecule has 0 fully saturated rings. The highest BCUT2D eigenvalue weighted by molar-refractivity contribution is 5.84. The van der Waals surface area contributed by atoms with Gasteiger partial charge in [-0.15, -0.1) is 0 Å². The molecule has 2 heteroatoms. The van der Waals surface area contributed by atoms with E-state index in [-0.39, 0.29) is 5.41 Å². The third-order valence-corrected chi connectivity index (χ3v) is 3.35. The second kappa shape index (κ2) is 4.52. The molecule has 1 aliphatic rings. The molecule has 0 amide bonds. The highest BCUT2D eigenvalue weighted by atomic mass is 16.5. The summed E-state index contributed by atoms with van der Waals surface area (Å²) in [6, 6.07) is 8.06. The lowest BCUT2D eigenvalue weighted by Crippen LogP contribution is -2.24. The van der Waals surface area contributed by atoms with Gasteiger partial charge in [0.15, 0.2) is 0 Å². The van der Waals surface area contributed by atoms with Crippen LogP contribution in [-0.4, -0.2) is 12.4 Å². The van der Waals surface area contributed by atoms with Crippen LogP contribution in [0.4, 0.5) is 0 Å². The van der Waals surface area contributed by atoms with Gasteiger partial charge < -0.3 is 4.74 Å². The monoisotopic (exact) mass is 232 g/mol. The van der Waals surface area contributed by atoms with Gasteiger partial charge in [-0.3, -0.25) is 4.79 Å². The lowest BCUT2D eigenvalue weighted by atomic mass is 9.81. The molecule has 1 aromatic rings. The Balaban J connectivity index is 2.17. The Hall–Kier alpha value is -1.31. The van der Waals surface area contributed by atoms with E-state index >= 15 is 0 Å². The molecule has 0 spiro atoms. The maximum atomic E-state index is 12.1. The fourth-order valence-corrected chi connectivity index (χ4v) is 2.16. The number of benzene rings is 1. The van der Waals surface area contributed by atoms with Crippen LogP contribution in [0.15, 0.2) is 24.3 Å². The number of para-hydroxylation sites is 1. The predicted molar refractivity (Wildman–Crippen MR) is 68.4 cm³/mol. The number of carbonyl (C=O) groups excluding carboxylic acids is 1. The SMILES string of the molecule is CC(C)(C)C(=O)CC1CCOc2ccccc21. The summed E-state index contributed by atoms with van der Waals surface area (Å²) in [5, 5.41) is 0. The first-order valence-corrected chi connectivity index (χ1v) is 6.23. The number of rotatable bonds is 2. The van der Waals surface area contributed by atoms with Crippen LogP contribution in [0.25, 0.3) is 0 Å². The minimum absolute atomic E-state index is 0.243. The Morgan fingerprint density at radius 3 is 2.76 bits per heavy atom. The summed E-state index contributed by atoms with van der Waals surface area (Å²) in [6.45, 7) is 6.68. The Morgan fingerprint density at radius 1 is 1.35 bits per heavy atom. The first-order valence-electron chi connectivity index (χ1n) is 6.23. The van der Waals surface area contributed by atoms with Crippen molar-refractivity contribution in [3.05, 3.63) is 29.8 Å². The van der Waals surface area contributed by atoms with E-state index in [0.717, 1.165) is 18.8 Å². The average Bonchev–Trinajstić information content (AvgIpc) is 2.28. The van der Waals surface area contributed by atoms with Gasteiger partial charge in [0, 0.05) is 11.8 Å². The third-order valence-electron chi connectivity index (χ3n) is 3.35. The quantitative estimate of drug-likeness (QED) is 0.779. The molecule has 0 aliphatic carbocycles. The van der Waals surface area contributed by atoms with E-state index in [1.165, 1.54) is 5.56 Å². The number of fused-ring (bicyclic) bond motifs is 1. The lowest BCUT2D eigenvalue weighted by Gasteiger charge is -2.27. The van der Waals surface area contributed by atoms with Gasteiger partial charge in [0.05, 0.1) is 6.61 Å². The maximum absolute atomic E-state index is 12.1. The molecule has 17 heavy (non-hydrogen) atoms. The molecule has 2 rings (SSSR count). The first kappa shape index (κ1) is 12.2. The van der Waals surface area contributed by atoms with Crippen LogP contribution in [0.2, 0.25) is 0 Å². The van der Waals surface area contributed by atoms with Crippen LogP contribution < -0.4 is 4.74 Å². The van der Waals surface area contributed by atoms with E-state index in [4.69, 9.17) is 4.74 Å². The molecular weight excluding hydrogens is 212 g/mol. The van der Waals surface area contributed by atoms with Crippen molar-refractivity contribution < 1.29 is 9.53 Å². The summed E-state index contributed by atoms with van der Waals surface area (Å²) in [6.07, 6.45) is 1.57. The third kappa shape index (κ3) is 2.68. The van der Waals surface area contributed by atoms with Crippen LogP contribution in [0.1, 0.15) is 45.1 Å². The van der Waals surface area contributed by atoms with Crippen molar-refractivity contribution in [2.75, 3.05) is 6.61 Å². The van der Waals surface area contributed by atoms with Gasteiger partial charge in [0.25, 0.3) is 0 Å². The smallest absolute Gasteiger partial charge is 0.138 e. The lowest BCUT2D eigenvalue weighted by molar-refractivity contribution is -0.126. The normalized spacial score (nSPS) is 19.4. The molecule has 0 radical (unpaired) electrons. The average molecular weight is 232 g/mol. The highest BCUT2D eigenvalue weighted by Gasteiger charge is 2.28. The van der Waals surface area contributed by atoms with Gasteiger partial charge in [-0.1, -0.05) is 39.0 Å². The summed E-state index contributed by atoms with van der Waals surface area (Å²) in [4.78, 5) is 12.1. The molecule has 0 bridgehead atoms. The summed E-state index contributed by atoms with van der Waals surface area (Å²) in [5.41, 5.74) is 0.948. The molecule has 0 N–H and O–H groups in total. The molecule has 2 nitrogen and oxygen atoms in total. The molecule has 1 aromatic carbocycles. The van der Waals surface area contributed by atoms with Crippen molar-refractivity contribution in [2.24, 2.45) is 5.41 Å². The minimum Gasteiger partial charge on any atom is -0.493 e. The van der Waals surface area contributed by atoms with E-state index in [0.29, 0.717) is 18.1 Å². The second-order valence-corrected chi connectivity index (χ2v) is 5.75. The zero-order chi connectivity index (χ0) is 12.5. The molecule has 0 saturated heterocycles. The van der Waals surface area contributed by atoms with Crippen molar-refractivity contribution in [3.63, 3.8) is 0 Å². The van der Waals surface area contributed by atoms with Crippen LogP contribution in [0.5, 0.6) is 5.75 Å². The summed E-state index contributed by atoms with van der Waals surface area (Å²) < 4.78 is 5.61. The number of hydrogen-bond donors (Lipinski definition) is 0. The minimum atomic E-state index is -0.243. The molecule has 0 aromatic heterocycles. The van der Waals surface area contributed by atoms with E-state index in [1.807, 2.05) is 39.0 Å². The Kier molecular flexibility index (Phi) is 3.23. The van der Waals surface area contributed by atoms with Crippen molar-refractivity contribution in [1.82, 2.24) is 0 Å². The molecule has 1 unspecified atom stereocenters. The molecule has 92 valence electrons. The maximum Gasteiger partial charge on any atom is 0.138 e. The summed E-state index contributed by atoms with van der Waals surface area (Å²) >= 11 is 0. The summed E-state index contributed by atoms with van der Waals surface area (Å²) in [7, 11) is 0. The van der Waals surface area contributed by atoms with E-state index < -0.39 is 0 Å². The van der Waals surface area contributed by atoms with Crippen LogP contribution >= 0.6 is 0 Å². The molecule has 1 heterocycles. The molecule has 1 atom stereocenters. The van der Waals surface area contributed by atoms with Gasteiger partial charge in [-0.05, 0) is 24.0 Å². The second-order valence-electron chi connectivity index (χ2n) is 5.75. The highest BCUT2D eigenvalue weighted by Crippen LogP contribution is 2.37. The van der Waals surface area contributed by atoms with Gasteiger partial charge >= 0.3 is 0 Å². The van der Waals surface area contributed by atoms with Gasteiger partial charge in [0.2, 0.25) is 0 Å². The van der Waals surface area contributed by atoms with E-state index in [1.54, 1.807) is 0 Å². The van der Waals surface area contributed by atoms with Gasteiger partial charge in [-0.25, -0.2) is 0 Å². The first-order chi connectivity index (χ1) is 7.98. The zero-order valence-electron chi connectivity index (χ0n) is 10.8. The number of ketones is 1. The topological polar surface area (TPSA) is 26.3 Å². The van der Waals surface area contributed by atoms with Crippen molar-refractivity contribution >= 4 is 5.78 Å². The summed E-state index contributed by atoms with van der Waals surface area (Å²) in [5.74, 6) is 1.61. The number of carbonyl (C=O) groups is 1. The van der Waals surface area contributed by atoms with Gasteiger partial charge in [0.1, 0.15) is 11.5 Å². The van der Waals surface area contributed by atoms with E-state index in [9.17, 15) is 4.79 Å². The largest absolute Gasteiger partial charge is 0.493 e. The number of ether oxygens (including phenoxy) is 1. The Labute approximate surface area is 103 Å². The molecule has 1 aliphatic heterocycles. The van der Waals surface area contributed by atoms with E-state index in [2.05, 4.69) is 6.07 Å². The van der Waals surface area contributed by atoms with Crippen molar-refractivity contribution in [3.8, 4) is 5.75 Å². The van der Waals surface area contributed by atoms with Crippen LogP contribution in [-0.2, 0) is 4.79 Å². The standard InChI is InChI=1S/C15H20O2/c1-15(2,3)14(16)10-11-8-9-17-13-7-5-4-6-12(11)13/h4-7,11H,8-10H2,1-3H3. The Morgan fingerprint density at radius 2 is 2.06 bits per heavy atom. The van der Waals surface area contributed by atoms with Crippen molar-refractivity contribution in [1.29, 1.82) is 0 Å². The number of Topliss-reactive ketones (excluding diaryl/α,β-unsaturated/α-hetero) is 1. The van der Waals surface area contributed by atoms with Crippen LogP contribution in [0.3, 0.4) is 0 Å².